The number of halogens is 2. The van der Waals surface area contributed by atoms with Gasteiger partial charge in [-0.3, -0.25) is 4.79 Å². The zero-order valence-corrected chi connectivity index (χ0v) is 16.2. The molecule has 2 N–H and O–H groups in total. The fourth-order valence-corrected chi connectivity index (χ4v) is 3.81. The third kappa shape index (κ3) is 3.47. The maximum atomic E-state index is 12.2. The molecule has 1 aliphatic rings. The Morgan fingerprint density at radius 2 is 2.19 bits per heavy atom. The molecule has 27 heavy (non-hydrogen) atoms. The summed E-state index contributed by atoms with van der Waals surface area (Å²) >= 11 is 12.1. The summed E-state index contributed by atoms with van der Waals surface area (Å²) in [5.41, 5.74) is 3.69. The molecule has 1 aromatic carbocycles. The van der Waals surface area contributed by atoms with E-state index in [9.17, 15) is 4.79 Å². The van der Waals surface area contributed by atoms with Crippen LogP contribution in [0.4, 0.5) is 11.5 Å². The highest BCUT2D eigenvalue weighted by molar-refractivity contribution is 6.42. The van der Waals surface area contributed by atoms with Crippen LogP contribution in [-0.2, 0) is 22.4 Å². The van der Waals surface area contributed by atoms with Crippen LogP contribution in [0.2, 0.25) is 10.0 Å². The monoisotopic (exact) mass is 404 g/mol. The van der Waals surface area contributed by atoms with Crippen molar-refractivity contribution in [3.63, 3.8) is 0 Å². The van der Waals surface area contributed by atoms with Gasteiger partial charge in [-0.25, -0.2) is 9.97 Å². The minimum Gasteiger partial charge on any atom is -0.466 e. The number of anilines is 2. The molecular weight excluding hydrogens is 387 g/mol. The molecule has 8 heteroatoms. The van der Waals surface area contributed by atoms with Gasteiger partial charge in [0, 0.05) is 11.4 Å². The van der Waals surface area contributed by atoms with E-state index in [4.69, 9.17) is 27.9 Å². The van der Waals surface area contributed by atoms with Crippen LogP contribution < -0.4 is 5.32 Å². The second kappa shape index (κ2) is 7.37. The Balaban J connectivity index is 1.72. The molecule has 3 aromatic rings. The van der Waals surface area contributed by atoms with Crippen LogP contribution in [0, 0.1) is 5.92 Å². The Labute approximate surface area is 166 Å². The van der Waals surface area contributed by atoms with Crippen molar-refractivity contribution < 1.29 is 9.53 Å². The van der Waals surface area contributed by atoms with Crippen molar-refractivity contribution in [1.82, 2.24) is 15.0 Å². The number of hydrogen-bond donors (Lipinski definition) is 2. The number of nitrogens with one attached hydrogen (secondary N) is 2. The maximum absolute atomic E-state index is 12.2. The Morgan fingerprint density at radius 1 is 1.33 bits per heavy atom. The summed E-state index contributed by atoms with van der Waals surface area (Å²) in [5.74, 6) is 0.378. The third-order valence-corrected chi connectivity index (χ3v) is 5.52. The zero-order valence-electron chi connectivity index (χ0n) is 14.7. The number of nitrogens with zero attached hydrogens (tertiary/aromatic N) is 2. The number of aryl methyl sites for hydroxylation is 1. The standard InChI is InChI=1S/C19H18Cl2N4O2/c1-2-27-19(26)10-3-6-15-12(7-10)16-17(22-9-23-18(16)25-15)24-11-4-5-13(20)14(21)8-11/h4-5,8-10H,2-3,6-7H2,1H3,(H2,22,23,24,25). The van der Waals surface area contributed by atoms with Gasteiger partial charge >= 0.3 is 5.97 Å². The number of H-pyrrole nitrogens is 1. The first-order valence-electron chi connectivity index (χ1n) is 8.80. The van der Waals surface area contributed by atoms with Crippen molar-refractivity contribution in [3.05, 3.63) is 45.8 Å². The number of carbonyl (C=O) groups is 1. The Bertz CT molecular complexity index is 1020. The summed E-state index contributed by atoms with van der Waals surface area (Å²) in [6.45, 7) is 2.22. The minimum atomic E-state index is -0.145. The van der Waals surface area contributed by atoms with Gasteiger partial charge in [0.15, 0.2) is 0 Å². The molecule has 4 rings (SSSR count). The molecule has 0 saturated heterocycles. The van der Waals surface area contributed by atoms with Crippen LogP contribution in [0.25, 0.3) is 11.0 Å². The number of fused-ring (bicyclic) bond motifs is 3. The number of hydrogen-bond acceptors (Lipinski definition) is 5. The molecule has 6 nitrogen and oxygen atoms in total. The highest BCUT2D eigenvalue weighted by Crippen LogP contribution is 2.36. The molecule has 1 atom stereocenters. The van der Waals surface area contributed by atoms with E-state index in [0.717, 1.165) is 40.8 Å². The molecule has 140 valence electrons. The second-order valence-electron chi connectivity index (χ2n) is 6.47. The molecule has 0 bridgehead atoms. The largest absolute Gasteiger partial charge is 0.466 e. The van der Waals surface area contributed by atoms with Gasteiger partial charge in [-0.2, -0.15) is 0 Å². The predicted molar refractivity (Wildman–Crippen MR) is 106 cm³/mol. The van der Waals surface area contributed by atoms with Crippen LogP contribution in [0.15, 0.2) is 24.5 Å². The molecule has 1 aliphatic carbocycles. The van der Waals surface area contributed by atoms with E-state index in [1.165, 1.54) is 6.33 Å². The second-order valence-corrected chi connectivity index (χ2v) is 7.29. The fraction of sp³-hybridized carbons (Fsp3) is 0.316. The van der Waals surface area contributed by atoms with Crippen LogP contribution >= 0.6 is 23.2 Å². The van der Waals surface area contributed by atoms with E-state index in [2.05, 4.69) is 20.3 Å². The van der Waals surface area contributed by atoms with Gasteiger partial charge in [0.1, 0.15) is 17.8 Å². The third-order valence-electron chi connectivity index (χ3n) is 4.78. The van der Waals surface area contributed by atoms with Gasteiger partial charge in [-0.15, -0.1) is 0 Å². The number of aromatic nitrogens is 3. The molecule has 2 aromatic heterocycles. The predicted octanol–water partition coefficient (Wildman–Crippen LogP) is 4.68. The van der Waals surface area contributed by atoms with E-state index in [1.54, 1.807) is 12.1 Å². The molecule has 0 radical (unpaired) electrons. The molecule has 0 fully saturated rings. The van der Waals surface area contributed by atoms with Gasteiger partial charge in [-0.1, -0.05) is 23.2 Å². The van der Waals surface area contributed by atoms with Crippen molar-refractivity contribution in [2.24, 2.45) is 5.92 Å². The minimum absolute atomic E-state index is 0.144. The van der Waals surface area contributed by atoms with Gasteiger partial charge in [0.2, 0.25) is 0 Å². The number of esters is 1. The zero-order chi connectivity index (χ0) is 19.0. The van der Waals surface area contributed by atoms with Crippen LogP contribution in [0.1, 0.15) is 24.6 Å². The molecule has 0 amide bonds. The summed E-state index contributed by atoms with van der Waals surface area (Å²) in [7, 11) is 0. The molecule has 2 heterocycles. The quantitative estimate of drug-likeness (QED) is 0.617. The Hall–Kier alpha value is -2.31. The highest BCUT2D eigenvalue weighted by atomic mass is 35.5. The normalized spacial score (nSPS) is 16.2. The lowest BCUT2D eigenvalue weighted by atomic mass is 9.86. The fourth-order valence-electron chi connectivity index (χ4n) is 3.51. The van der Waals surface area contributed by atoms with E-state index in [1.807, 2.05) is 13.0 Å². The number of benzene rings is 1. The average molecular weight is 405 g/mol. The van der Waals surface area contributed by atoms with Crippen molar-refractivity contribution in [2.45, 2.75) is 26.2 Å². The van der Waals surface area contributed by atoms with Crippen LogP contribution in [0.3, 0.4) is 0 Å². The van der Waals surface area contributed by atoms with Gasteiger partial charge in [0.05, 0.1) is 28.0 Å². The number of aromatic amines is 1. The van der Waals surface area contributed by atoms with E-state index >= 15 is 0 Å². The summed E-state index contributed by atoms with van der Waals surface area (Å²) in [6.07, 6.45) is 3.66. The highest BCUT2D eigenvalue weighted by Gasteiger charge is 2.29. The van der Waals surface area contributed by atoms with Gasteiger partial charge in [0.25, 0.3) is 0 Å². The molecule has 1 unspecified atom stereocenters. The van der Waals surface area contributed by atoms with Gasteiger partial charge in [-0.05, 0) is 49.9 Å². The van der Waals surface area contributed by atoms with Crippen molar-refractivity contribution in [1.29, 1.82) is 0 Å². The number of ether oxygens (including phenoxy) is 1. The lowest BCUT2D eigenvalue weighted by molar-refractivity contribution is -0.148. The SMILES string of the molecule is CCOC(=O)C1CCc2[nH]c3ncnc(Nc4ccc(Cl)c(Cl)c4)c3c2C1. The smallest absolute Gasteiger partial charge is 0.309 e. The first kappa shape index (κ1) is 18.1. The Kier molecular flexibility index (Phi) is 4.93. The number of carbonyl (C=O) groups excluding carboxylic acids is 1. The molecule has 0 aliphatic heterocycles. The summed E-state index contributed by atoms with van der Waals surface area (Å²) in [5, 5.41) is 5.14. The molecule has 0 spiro atoms. The summed E-state index contributed by atoms with van der Waals surface area (Å²) in [6, 6.07) is 5.31. The van der Waals surface area contributed by atoms with Crippen LogP contribution in [0.5, 0.6) is 0 Å². The molecular formula is C19H18Cl2N4O2. The average Bonchev–Trinajstić information content (AvgIpc) is 3.03. The van der Waals surface area contributed by atoms with Gasteiger partial charge < -0.3 is 15.0 Å². The first-order valence-corrected chi connectivity index (χ1v) is 9.55. The van der Waals surface area contributed by atoms with Crippen molar-refractivity contribution in [3.8, 4) is 0 Å². The first-order chi connectivity index (χ1) is 13.1. The van der Waals surface area contributed by atoms with Crippen molar-refractivity contribution >= 4 is 51.7 Å². The maximum Gasteiger partial charge on any atom is 0.309 e. The lowest BCUT2D eigenvalue weighted by Crippen LogP contribution is -2.24. The van der Waals surface area contributed by atoms with E-state index < -0.39 is 0 Å². The van der Waals surface area contributed by atoms with Crippen molar-refractivity contribution in [2.75, 3.05) is 11.9 Å². The van der Waals surface area contributed by atoms with E-state index in [0.29, 0.717) is 28.9 Å². The van der Waals surface area contributed by atoms with E-state index in [-0.39, 0.29) is 11.9 Å². The Morgan fingerprint density at radius 3 is 2.96 bits per heavy atom. The molecule has 0 saturated carbocycles. The summed E-state index contributed by atoms with van der Waals surface area (Å²) < 4.78 is 5.21. The summed E-state index contributed by atoms with van der Waals surface area (Å²) in [4.78, 5) is 24.3. The topological polar surface area (TPSA) is 79.9 Å². The lowest BCUT2D eigenvalue weighted by Gasteiger charge is -2.21. The van der Waals surface area contributed by atoms with Crippen LogP contribution in [-0.4, -0.2) is 27.5 Å². The number of rotatable bonds is 4.